The molecule has 3 rings (SSSR count). The molecule has 0 bridgehead atoms. The fourth-order valence-corrected chi connectivity index (χ4v) is 3.92. The zero-order valence-corrected chi connectivity index (χ0v) is 17.5. The SMILES string of the molecule is COc1cc2c(cc1OC)C(CC(OC(C)=O)c1ccc(Cl)cc1)N(C)CC2. The van der Waals surface area contributed by atoms with Crippen molar-refractivity contribution >= 4 is 17.6 Å². The van der Waals surface area contributed by atoms with Crippen molar-refractivity contribution < 1.29 is 19.0 Å². The number of hydrogen-bond acceptors (Lipinski definition) is 5. The summed E-state index contributed by atoms with van der Waals surface area (Å²) in [4.78, 5) is 14.0. The predicted molar refractivity (Wildman–Crippen MR) is 109 cm³/mol. The average Bonchev–Trinajstić information content (AvgIpc) is 2.68. The number of rotatable bonds is 6. The van der Waals surface area contributed by atoms with Crippen LogP contribution >= 0.6 is 11.6 Å². The van der Waals surface area contributed by atoms with E-state index in [1.807, 2.05) is 30.3 Å². The Morgan fingerprint density at radius 1 is 1.18 bits per heavy atom. The fourth-order valence-electron chi connectivity index (χ4n) is 3.79. The molecule has 0 saturated heterocycles. The largest absolute Gasteiger partial charge is 0.493 e. The van der Waals surface area contributed by atoms with Gasteiger partial charge in [-0.05, 0) is 54.4 Å². The predicted octanol–water partition coefficient (Wildman–Crippen LogP) is 4.58. The monoisotopic (exact) mass is 403 g/mol. The van der Waals surface area contributed by atoms with Crippen LogP contribution in [-0.4, -0.2) is 38.7 Å². The third-order valence-electron chi connectivity index (χ3n) is 5.26. The van der Waals surface area contributed by atoms with Crippen molar-refractivity contribution in [3.05, 3.63) is 58.1 Å². The number of halogens is 1. The molecular formula is C22H26ClNO4. The smallest absolute Gasteiger partial charge is 0.303 e. The minimum atomic E-state index is -0.360. The number of hydrogen-bond donors (Lipinski definition) is 0. The summed E-state index contributed by atoms with van der Waals surface area (Å²) < 4.78 is 16.6. The van der Waals surface area contributed by atoms with Crippen LogP contribution in [0, 0.1) is 0 Å². The molecule has 0 aromatic heterocycles. The maximum atomic E-state index is 11.7. The maximum absolute atomic E-state index is 11.7. The fraction of sp³-hybridized carbons (Fsp3) is 0.409. The van der Waals surface area contributed by atoms with Crippen LogP contribution in [-0.2, 0) is 16.0 Å². The summed E-state index contributed by atoms with van der Waals surface area (Å²) in [5.74, 6) is 1.14. The number of carbonyl (C=O) groups excluding carboxylic acids is 1. The van der Waals surface area contributed by atoms with E-state index in [2.05, 4.69) is 18.0 Å². The van der Waals surface area contributed by atoms with E-state index in [-0.39, 0.29) is 18.1 Å². The molecule has 0 fully saturated rings. The Kier molecular flexibility index (Phi) is 6.47. The molecule has 0 radical (unpaired) electrons. The molecule has 5 nitrogen and oxygen atoms in total. The van der Waals surface area contributed by atoms with Gasteiger partial charge >= 0.3 is 5.97 Å². The van der Waals surface area contributed by atoms with Crippen LogP contribution in [0.2, 0.25) is 5.02 Å². The summed E-state index contributed by atoms with van der Waals surface area (Å²) in [7, 11) is 5.38. The highest BCUT2D eigenvalue weighted by Gasteiger charge is 2.30. The molecule has 0 amide bonds. The van der Waals surface area contributed by atoms with Crippen molar-refractivity contribution in [2.75, 3.05) is 27.8 Å². The molecule has 0 spiro atoms. The van der Waals surface area contributed by atoms with Gasteiger partial charge in [-0.25, -0.2) is 0 Å². The van der Waals surface area contributed by atoms with Crippen LogP contribution < -0.4 is 9.47 Å². The van der Waals surface area contributed by atoms with Crippen molar-refractivity contribution in [2.45, 2.75) is 31.9 Å². The summed E-state index contributed by atoms with van der Waals surface area (Å²) in [5, 5.41) is 0.655. The van der Waals surface area contributed by atoms with Gasteiger partial charge in [0.15, 0.2) is 11.5 Å². The minimum absolute atomic E-state index is 0.0867. The summed E-state index contributed by atoms with van der Waals surface area (Å²) in [5.41, 5.74) is 3.34. The number of methoxy groups -OCH3 is 2. The van der Waals surface area contributed by atoms with Gasteiger partial charge in [-0.2, -0.15) is 0 Å². The van der Waals surface area contributed by atoms with Crippen molar-refractivity contribution in [2.24, 2.45) is 0 Å². The first-order valence-electron chi connectivity index (χ1n) is 9.30. The molecule has 1 aliphatic heterocycles. The molecule has 2 aromatic rings. The molecule has 1 heterocycles. The summed E-state index contributed by atoms with van der Waals surface area (Å²) in [6.45, 7) is 2.36. The molecule has 2 atom stereocenters. The van der Waals surface area contributed by atoms with E-state index in [1.54, 1.807) is 14.2 Å². The second-order valence-corrected chi connectivity index (χ2v) is 7.47. The number of carbonyl (C=O) groups is 1. The van der Waals surface area contributed by atoms with Crippen molar-refractivity contribution in [1.82, 2.24) is 4.90 Å². The lowest BCUT2D eigenvalue weighted by Crippen LogP contribution is -2.33. The molecule has 0 aliphatic carbocycles. The van der Waals surface area contributed by atoms with Gasteiger partial charge in [0.25, 0.3) is 0 Å². The molecule has 1 aliphatic rings. The zero-order chi connectivity index (χ0) is 20.3. The van der Waals surface area contributed by atoms with Crippen molar-refractivity contribution in [1.29, 1.82) is 0 Å². The maximum Gasteiger partial charge on any atom is 0.303 e. The van der Waals surface area contributed by atoms with E-state index in [4.69, 9.17) is 25.8 Å². The Morgan fingerprint density at radius 3 is 2.43 bits per heavy atom. The van der Waals surface area contributed by atoms with E-state index < -0.39 is 0 Å². The summed E-state index contributed by atoms with van der Waals surface area (Å²) in [6.07, 6.45) is 1.21. The quantitative estimate of drug-likeness (QED) is 0.660. The van der Waals surface area contributed by atoms with E-state index >= 15 is 0 Å². The first-order valence-corrected chi connectivity index (χ1v) is 9.68. The van der Waals surface area contributed by atoms with Gasteiger partial charge in [0, 0.05) is 31.0 Å². The second-order valence-electron chi connectivity index (χ2n) is 7.04. The van der Waals surface area contributed by atoms with E-state index in [0.717, 1.165) is 24.3 Å². The molecule has 0 saturated carbocycles. The van der Waals surface area contributed by atoms with Gasteiger partial charge in [0.1, 0.15) is 6.10 Å². The highest BCUT2D eigenvalue weighted by Crippen LogP contribution is 2.41. The van der Waals surface area contributed by atoms with Crippen molar-refractivity contribution in [3.63, 3.8) is 0 Å². The normalized spacial score (nSPS) is 17.5. The van der Waals surface area contributed by atoms with Gasteiger partial charge < -0.3 is 14.2 Å². The molecule has 2 unspecified atom stereocenters. The van der Waals surface area contributed by atoms with E-state index in [0.29, 0.717) is 17.2 Å². The highest BCUT2D eigenvalue weighted by molar-refractivity contribution is 6.30. The van der Waals surface area contributed by atoms with Crippen LogP contribution in [0.15, 0.2) is 36.4 Å². The number of fused-ring (bicyclic) bond motifs is 1. The van der Waals surface area contributed by atoms with Crippen LogP contribution in [0.25, 0.3) is 0 Å². The standard InChI is InChI=1S/C22H26ClNO4/c1-14(25)28-20(15-5-7-17(23)8-6-15)13-19-18-12-22(27-4)21(26-3)11-16(18)9-10-24(19)2/h5-8,11-12,19-20H,9-10,13H2,1-4H3. The Bertz CT molecular complexity index is 837. The van der Waals surface area contributed by atoms with Crippen LogP contribution in [0.5, 0.6) is 11.5 Å². The average molecular weight is 404 g/mol. The summed E-state index contributed by atoms with van der Waals surface area (Å²) >= 11 is 6.02. The molecular weight excluding hydrogens is 378 g/mol. The van der Waals surface area contributed by atoms with Gasteiger partial charge in [-0.3, -0.25) is 9.69 Å². The van der Waals surface area contributed by atoms with Crippen LogP contribution in [0.3, 0.4) is 0 Å². The first kappa shape index (κ1) is 20.5. The van der Waals surface area contributed by atoms with E-state index in [9.17, 15) is 4.79 Å². The lowest BCUT2D eigenvalue weighted by molar-refractivity contribution is -0.147. The summed E-state index contributed by atoms with van der Waals surface area (Å²) in [6, 6.07) is 11.6. The third kappa shape index (κ3) is 4.42. The lowest BCUT2D eigenvalue weighted by atomic mass is 9.87. The Balaban J connectivity index is 1.96. The zero-order valence-electron chi connectivity index (χ0n) is 16.7. The van der Waals surface area contributed by atoms with E-state index in [1.165, 1.54) is 18.1 Å². The number of nitrogens with zero attached hydrogens (tertiary/aromatic N) is 1. The molecule has 0 N–H and O–H groups in total. The Morgan fingerprint density at radius 2 is 1.82 bits per heavy atom. The minimum Gasteiger partial charge on any atom is -0.493 e. The first-order chi connectivity index (χ1) is 13.4. The Labute approximate surface area is 171 Å². The van der Waals surface area contributed by atoms with Crippen molar-refractivity contribution in [3.8, 4) is 11.5 Å². The number of esters is 1. The molecule has 2 aromatic carbocycles. The van der Waals surface area contributed by atoms with Crippen LogP contribution in [0.1, 0.15) is 42.2 Å². The van der Waals surface area contributed by atoms with Gasteiger partial charge in [-0.15, -0.1) is 0 Å². The lowest BCUT2D eigenvalue weighted by Gasteiger charge is -2.37. The highest BCUT2D eigenvalue weighted by atomic mass is 35.5. The number of benzene rings is 2. The number of likely N-dealkylation sites (N-methyl/N-ethyl adjacent to an activating group) is 1. The molecule has 6 heteroatoms. The Hall–Kier alpha value is -2.24. The second kappa shape index (κ2) is 8.84. The topological polar surface area (TPSA) is 48.0 Å². The number of ether oxygens (including phenoxy) is 3. The molecule has 150 valence electrons. The molecule has 28 heavy (non-hydrogen) atoms. The van der Waals surface area contributed by atoms with Gasteiger partial charge in [-0.1, -0.05) is 23.7 Å². The van der Waals surface area contributed by atoms with Gasteiger partial charge in [0.05, 0.1) is 14.2 Å². The van der Waals surface area contributed by atoms with Gasteiger partial charge in [0.2, 0.25) is 0 Å². The van der Waals surface area contributed by atoms with Crippen LogP contribution in [0.4, 0.5) is 0 Å². The third-order valence-corrected chi connectivity index (χ3v) is 5.51.